The van der Waals surface area contributed by atoms with Gasteiger partial charge in [-0.15, -0.1) is 13.2 Å². The highest BCUT2D eigenvalue weighted by molar-refractivity contribution is 5.97. The van der Waals surface area contributed by atoms with E-state index in [1.54, 1.807) is 30.3 Å². The van der Waals surface area contributed by atoms with Gasteiger partial charge >= 0.3 is 12.3 Å². The van der Waals surface area contributed by atoms with E-state index in [1.165, 1.54) is 19.1 Å². The van der Waals surface area contributed by atoms with Crippen molar-refractivity contribution in [3.8, 4) is 5.75 Å². The summed E-state index contributed by atoms with van der Waals surface area (Å²) in [5.41, 5.74) is 0.540. The predicted molar refractivity (Wildman–Crippen MR) is 83.1 cm³/mol. The molecule has 0 aliphatic rings. The van der Waals surface area contributed by atoms with Crippen molar-refractivity contribution >= 4 is 17.6 Å². The summed E-state index contributed by atoms with van der Waals surface area (Å²) < 4.78 is 45.0. The van der Waals surface area contributed by atoms with E-state index in [9.17, 15) is 22.8 Å². The van der Waals surface area contributed by atoms with Crippen LogP contribution in [0.1, 0.15) is 17.3 Å². The molecule has 0 heterocycles. The Morgan fingerprint density at radius 2 is 1.60 bits per heavy atom. The Balaban J connectivity index is 1.91. The third kappa shape index (κ3) is 5.83. The van der Waals surface area contributed by atoms with E-state index in [2.05, 4.69) is 10.1 Å². The van der Waals surface area contributed by atoms with Crippen molar-refractivity contribution in [2.45, 2.75) is 19.4 Å². The number of anilines is 1. The Morgan fingerprint density at radius 3 is 2.16 bits per heavy atom. The van der Waals surface area contributed by atoms with Crippen LogP contribution in [0.2, 0.25) is 0 Å². The Morgan fingerprint density at radius 1 is 1.00 bits per heavy atom. The Bertz CT molecular complexity index is 730. The normalized spacial score (nSPS) is 12.2. The molecule has 1 atom stereocenters. The average molecular weight is 353 g/mol. The molecule has 0 radical (unpaired) electrons. The molecule has 0 aromatic heterocycles. The van der Waals surface area contributed by atoms with E-state index in [0.717, 1.165) is 12.1 Å². The zero-order valence-electron chi connectivity index (χ0n) is 13.0. The minimum absolute atomic E-state index is 0.238. The molecule has 132 valence electrons. The Kier molecular flexibility index (Phi) is 5.63. The van der Waals surface area contributed by atoms with Gasteiger partial charge in [0.15, 0.2) is 6.10 Å². The number of carbonyl (C=O) groups is 2. The van der Waals surface area contributed by atoms with Gasteiger partial charge in [0.25, 0.3) is 5.91 Å². The second kappa shape index (κ2) is 7.69. The summed E-state index contributed by atoms with van der Waals surface area (Å²) in [6, 6.07) is 12.7. The maximum Gasteiger partial charge on any atom is 0.573 e. The summed E-state index contributed by atoms with van der Waals surface area (Å²) in [4.78, 5) is 23.9. The fourth-order valence-electron chi connectivity index (χ4n) is 1.84. The zero-order valence-corrected chi connectivity index (χ0v) is 13.0. The topological polar surface area (TPSA) is 64.6 Å². The fourth-order valence-corrected chi connectivity index (χ4v) is 1.84. The predicted octanol–water partition coefficient (Wildman–Crippen LogP) is 3.77. The van der Waals surface area contributed by atoms with Crippen molar-refractivity contribution in [1.82, 2.24) is 0 Å². The Hall–Kier alpha value is -3.03. The number of ether oxygens (including phenoxy) is 2. The van der Waals surface area contributed by atoms with Gasteiger partial charge in [-0.3, -0.25) is 4.79 Å². The summed E-state index contributed by atoms with van der Waals surface area (Å²) in [6.45, 7) is 1.39. The fraction of sp³-hybridized carbons (Fsp3) is 0.176. The molecule has 1 unspecified atom stereocenters. The quantitative estimate of drug-likeness (QED) is 0.831. The van der Waals surface area contributed by atoms with Crippen LogP contribution in [0.5, 0.6) is 5.75 Å². The molecule has 0 aliphatic heterocycles. The Labute approximate surface area is 141 Å². The molecule has 0 bridgehead atoms. The van der Waals surface area contributed by atoms with Crippen molar-refractivity contribution in [2.24, 2.45) is 0 Å². The van der Waals surface area contributed by atoms with E-state index in [-0.39, 0.29) is 5.69 Å². The lowest BCUT2D eigenvalue weighted by Gasteiger charge is -2.14. The number of nitrogens with one attached hydrogen (secondary N) is 1. The third-order valence-corrected chi connectivity index (χ3v) is 3.02. The highest BCUT2D eigenvalue weighted by atomic mass is 19.4. The molecule has 0 saturated heterocycles. The van der Waals surface area contributed by atoms with Crippen LogP contribution in [0.4, 0.5) is 18.9 Å². The summed E-state index contributed by atoms with van der Waals surface area (Å²) >= 11 is 0. The van der Waals surface area contributed by atoms with E-state index in [4.69, 9.17) is 4.74 Å². The minimum atomic E-state index is -4.79. The van der Waals surface area contributed by atoms with Crippen LogP contribution >= 0.6 is 0 Å². The molecule has 0 fully saturated rings. The number of amides is 1. The van der Waals surface area contributed by atoms with Crippen LogP contribution in [0.3, 0.4) is 0 Å². The maximum absolute atomic E-state index is 12.1. The first kappa shape index (κ1) is 18.3. The van der Waals surface area contributed by atoms with Gasteiger partial charge in [-0.25, -0.2) is 4.79 Å². The number of rotatable bonds is 5. The van der Waals surface area contributed by atoms with Crippen molar-refractivity contribution in [1.29, 1.82) is 0 Å². The van der Waals surface area contributed by atoms with E-state index >= 15 is 0 Å². The number of carbonyl (C=O) groups excluding carboxylic acids is 2. The van der Waals surface area contributed by atoms with Gasteiger partial charge in [0.1, 0.15) is 5.75 Å². The third-order valence-electron chi connectivity index (χ3n) is 3.02. The van der Waals surface area contributed by atoms with Gasteiger partial charge in [-0.05, 0) is 43.3 Å². The first-order chi connectivity index (χ1) is 11.7. The lowest BCUT2D eigenvalue weighted by Crippen LogP contribution is -2.30. The second-order valence-electron chi connectivity index (χ2n) is 4.97. The van der Waals surface area contributed by atoms with Gasteiger partial charge in [-0.2, -0.15) is 0 Å². The van der Waals surface area contributed by atoms with Gasteiger partial charge in [0.2, 0.25) is 0 Å². The lowest BCUT2D eigenvalue weighted by molar-refractivity contribution is -0.274. The first-order valence-electron chi connectivity index (χ1n) is 7.17. The average Bonchev–Trinajstić information content (AvgIpc) is 2.56. The standard InChI is InChI=1S/C17H14F3NO4/c1-11(24-16(23)12-5-3-2-4-6-12)15(22)21-13-7-9-14(10-8-13)25-17(18,19)20/h2-11H,1H3,(H,21,22). The molecular formula is C17H14F3NO4. The van der Waals surface area contributed by atoms with E-state index < -0.39 is 30.1 Å². The lowest BCUT2D eigenvalue weighted by atomic mass is 10.2. The molecule has 25 heavy (non-hydrogen) atoms. The summed E-state index contributed by atoms with van der Waals surface area (Å²) in [7, 11) is 0. The van der Waals surface area contributed by atoms with Crippen molar-refractivity contribution in [2.75, 3.05) is 5.32 Å². The summed E-state index contributed by atoms with van der Waals surface area (Å²) in [5.74, 6) is -1.68. The van der Waals surface area contributed by atoms with Gasteiger partial charge in [-0.1, -0.05) is 18.2 Å². The first-order valence-corrected chi connectivity index (χ1v) is 7.17. The number of alkyl halides is 3. The van der Waals surface area contributed by atoms with Gasteiger partial charge in [0, 0.05) is 5.69 Å². The smallest absolute Gasteiger partial charge is 0.449 e. The molecule has 1 N–H and O–H groups in total. The van der Waals surface area contributed by atoms with Crippen LogP contribution in [0, 0.1) is 0 Å². The number of hydrogen-bond donors (Lipinski definition) is 1. The largest absolute Gasteiger partial charge is 0.573 e. The van der Waals surface area contributed by atoms with Crippen molar-refractivity contribution < 1.29 is 32.2 Å². The highest BCUT2D eigenvalue weighted by Crippen LogP contribution is 2.24. The van der Waals surface area contributed by atoms with Crippen molar-refractivity contribution in [3.63, 3.8) is 0 Å². The summed E-state index contributed by atoms with van der Waals surface area (Å²) in [6.07, 6.45) is -5.87. The van der Waals surface area contributed by atoms with Crippen LogP contribution < -0.4 is 10.1 Å². The van der Waals surface area contributed by atoms with Crippen LogP contribution in [0.15, 0.2) is 54.6 Å². The number of halogens is 3. The number of benzene rings is 2. The SMILES string of the molecule is CC(OC(=O)c1ccccc1)C(=O)Nc1ccc(OC(F)(F)F)cc1. The highest BCUT2D eigenvalue weighted by Gasteiger charge is 2.31. The van der Waals surface area contributed by atoms with Crippen LogP contribution in [-0.2, 0) is 9.53 Å². The molecule has 2 rings (SSSR count). The molecule has 0 spiro atoms. The van der Waals surface area contributed by atoms with Gasteiger partial charge < -0.3 is 14.8 Å². The molecule has 5 nitrogen and oxygen atoms in total. The minimum Gasteiger partial charge on any atom is -0.449 e. The van der Waals surface area contributed by atoms with Crippen LogP contribution in [-0.4, -0.2) is 24.3 Å². The molecular weight excluding hydrogens is 339 g/mol. The maximum atomic E-state index is 12.1. The van der Waals surface area contributed by atoms with Crippen LogP contribution in [0.25, 0.3) is 0 Å². The number of esters is 1. The second-order valence-corrected chi connectivity index (χ2v) is 4.97. The molecule has 0 aliphatic carbocycles. The van der Waals surface area contributed by atoms with E-state index in [1.807, 2.05) is 0 Å². The van der Waals surface area contributed by atoms with Crippen molar-refractivity contribution in [3.05, 3.63) is 60.2 Å². The van der Waals surface area contributed by atoms with Gasteiger partial charge in [0.05, 0.1) is 5.56 Å². The molecule has 2 aromatic carbocycles. The monoisotopic (exact) mass is 353 g/mol. The number of hydrogen-bond acceptors (Lipinski definition) is 4. The van der Waals surface area contributed by atoms with E-state index in [0.29, 0.717) is 5.56 Å². The summed E-state index contributed by atoms with van der Waals surface area (Å²) in [5, 5.41) is 2.44. The molecule has 1 amide bonds. The molecule has 2 aromatic rings. The molecule has 8 heteroatoms. The zero-order chi connectivity index (χ0) is 18.4. The molecule has 0 saturated carbocycles.